The van der Waals surface area contributed by atoms with Crippen LogP contribution in [-0.2, 0) is 0 Å². The van der Waals surface area contributed by atoms with E-state index in [1.165, 1.54) is 43.8 Å². The topological polar surface area (TPSA) is 12.0 Å². The summed E-state index contributed by atoms with van der Waals surface area (Å²) in [6.45, 7) is 4.13. The fraction of sp³-hybridized carbons (Fsp3) is 0.0625. The second-order valence-electron chi connectivity index (χ2n) is 8.25. The van der Waals surface area contributed by atoms with Crippen molar-refractivity contribution < 1.29 is 0 Å². The van der Waals surface area contributed by atoms with Crippen LogP contribution in [0.5, 0.6) is 0 Å². The first-order valence-electron chi connectivity index (χ1n) is 11.4. The molecule has 0 aliphatic rings. The predicted octanol–water partition coefficient (Wildman–Crippen LogP) is 9.38. The summed E-state index contributed by atoms with van der Waals surface area (Å²) in [5, 5.41) is 8.58. The molecule has 0 aromatic heterocycles. The van der Waals surface area contributed by atoms with Crippen molar-refractivity contribution in [3.8, 4) is 11.1 Å². The van der Waals surface area contributed by atoms with E-state index in [4.69, 9.17) is 0 Å². The maximum atomic E-state index is 3.56. The number of hydrogen-bond acceptors (Lipinski definition) is 1. The second kappa shape index (κ2) is 9.18. The Bertz CT molecular complexity index is 1480. The van der Waals surface area contributed by atoms with Crippen molar-refractivity contribution in [3.05, 3.63) is 127 Å². The maximum absolute atomic E-state index is 3.56. The summed E-state index contributed by atoms with van der Waals surface area (Å²) in [6, 6.07) is 36.9. The molecule has 0 atom stereocenters. The van der Waals surface area contributed by atoms with E-state index in [1.54, 1.807) is 0 Å². The minimum atomic E-state index is 1.08. The van der Waals surface area contributed by atoms with Gasteiger partial charge in [-0.1, -0.05) is 91.0 Å². The molecule has 1 N–H and O–H groups in total. The Morgan fingerprint density at radius 1 is 0.636 bits per heavy atom. The van der Waals surface area contributed by atoms with Crippen LogP contribution >= 0.6 is 0 Å². The van der Waals surface area contributed by atoms with E-state index in [1.807, 2.05) is 0 Å². The number of fused-ring (bicyclic) bond motifs is 2. The quantitative estimate of drug-likeness (QED) is 0.277. The molecule has 0 aliphatic carbocycles. The highest BCUT2D eigenvalue weighted by Gasteiger charge is 2.05. The third-order valence-corrected chi connectivity index (χ3v) is 6.11. The molecule has 5 aromatic rings. The van der Waals surface area contributed by atoms with Crippen LogP contribution in [0.3, 0.4) is 0 Å². The third-order valence-electron chi connectivity index (χ3n) is 6.11. The summed E-state index contributed by atoms with van der Waals surface area (Å²) >= 11 is 0. The zero-order chi connectivity index (χ0) is 22.6. The first-order chi connectivity index (χ1) is 16.2. The maximum Gasteiger partial charge on any atom is 0.0390 e. The molecular weight excluding hydrogens is 398 g/mol. The molecule has 1 heteroatoms. The molecule has 0 unspecified atom stereocenters. The summed E-state index contributed by atoms with van der Waals surface area (Å²) < 4.78 is 0. The molecule has 0 amide bonds. The SMILES string of the molecule is C/C=C\C(=C/C)c1ccc2cc(Nc3ccc(-c4cccc5ccccc45)cc3)ccc2c1. The fourth-order valence-corrected chi connectivity index (χ4v) is 4.42. The van der Waals surface area contributed by atoms with E-state index >= 15 is 0 Å². The minimum absolute atomic E-state index is 1.08. The highest BCUT2D eigenvalue weighted by molar-refractivity contribution is 5.97. The van der Waals surface area contributed by atoms with E-state index in [2.05, 4.69) is 141 Å². The van der Waals surface area contributed by atoms with Gasteiger partial charge in [-0.25, -0.2) is 0 Å². The molecule has 0 aliphatic heterocycles. The normalized spacial score (nSPS) is 12.0. The summed E-state index contributed by atoms with van der Waals surface area (Å²) in [7, 11) is 0. The van der Waals surface area contributed by atoms with Gasteiger partial charge in [0.1, 0.15) is 0 Å². The molecule has 0 fully saturated rings. The standard InChI is InChI=1S/C32H27N/c1-3-8-23(4-2)26-13-14-28-22-30(20-17-27(28)21-26)33-29-18-15-25(16-19-29)32-12-7-10-24-9-5-6-11-31(24)32/h3-22,33H,1-2H3/b8-3-,23-4+. The summed E-state index contributed by atoms with van der Waals surface area (Å²) in [6.07, 6.45) is 6.39. The summed E-state index contributed by atoms with van der Waals surface area (Å²) in [5.41, 5.74) is 7.15. The Morgan fingerprint density at radius 3 is 2.18 bits per heavy atom. The highest BCUT2D eigenvalue weighted by atomic mass is 14.9. The lowest BCUT2D eigenvalue weighted by atomic mass is 9.98. The fourth-order valence-electron chi connectivity index (χ4n) is 4.42. The van der Waals surface area contributed by atoms with Crippen LogP contribution in [0, 0.1) is 0 Å². The van der Waals surface area contributed by atoms with Gasteiger partial charge in [0, 0.05) is 11.4 Å². The van der Waals surface area contributed by atoms with Crippen molar-refractivity contribution in [1.82, 2.24) is 0 Å². The summed E-state index contributed by atoms with van der Waals surface area (Å²) in [4.78, 5) is 0. The number of allylic oxidation sites excluding steroid dienone is 4. The Kier molecular flexibility index (Phi) is 5.78. The van der Waals surface area contributed by atoms with Crippen LogP contribution in [0.15, 0.2) is 121 Å². The second-order valence-corrected chi connectivity index (χ2v) is 8.25. The van der Waals surface area contributed by atoms with Gasteiger partial charge in [0.15, 0.2) is 0 Å². The predicted molar refractivity (Wildman–Crippen MR) is 145 cm³/mol. The summed E-state index contributed by atoms with van der Waals surface area (Å²) in [5.74, 6) is 0. The first kappa shape index (κ1) is 20.8. The van der Waals surface area contributed by atoms with Gasteiger partial charge in [-0.3, -0.25) is 0 Å². The van der Waals surface area contributed by atoms with Gasteiger partial charge in [-0.2, -0.15) is 0 Å². The van der Waals surface area contributed by atoms with Crippen LogP contribution in [0.2, 0.25) is 0 Å². The third kappa shape index (κ3) is 4.31. The molecule has 0 bridgehead atoms. The van der Waals surface area contributed by atoms with Crippen molar-refractivity contribution >= 4 is 38.5 Å². The minimum Gasteiger partial charge on any atom is -0.356 e. The molecule has 0 radical (unpaired) electrons. The van der Waals surface area contributed by atoms with E-state index in [-0.39, 0.29) is 0 Å². The smallest absolute Gasteiger partial charge is 0.0390 e. The molecule has 160 valence electrons. The van der Waals surface area contributed by atoms with Gasteiger partial charge in [0.25, 0.3) is 0 Å². The first-order valence-corrected chi connectivity index (χ1v) is 11.4. The number of hydrogen-bond donors (Lipinski definition) is 1. The number of benzene rings is 5. The van der Waals surface area contributed by atoms with E-state index in [0.717, 1.165) is 11.4 Å². The molecule has 0 spiro atoms. The Morgan fingerprint density at radius 2 is 1.36 bits per heavy atom. The molecule has 0 heterocycles. The molecule has 0 saturated carbocycles. The Labute approximate surface area is 195 Å². The zero-order valence-corrected chi connectivity index (χ0v) is 19.0. The van der Waals surface area contributed by atoms with Gasteiger partial charge in [0.05, 0.1) is 0 Å². The van der Waals surface area contributed by atoms with Crippen molar-refractivity contribution in [2.75, 3.05) is 5.32 Å². The van der Waals surface area contributed by atoms with Gasteiger partial charge >= 0.3 is 0 Å². The van der Waals surface area contributed by atoms with Gasteiger partial charge in [0.2, 0.25) is 0 Å². The van der Waals surface area contributed by atoms with Crippen LogP contribution in [0.25, 0.3) is 38.2 Å². The lowest BCUT2D eigenvalue weighted by Gasteiger charge is -2.11. The van der Waals surface area contributed by atoms with Crippen LogP contribution in [-0.4, -0.2) is 0 Å². The van der Waals surface area contributed by atoms with E-state index in [9.17, 15) is 0 Å². The number of nitrogens with one attached hydrogen (secondary N) is 1. The van der Waals surface area contributed by atoms with Gasteiger partial charge in [-0.05, 0) is 88.0 Å². The van der Waals surface area contributed by atoms with Crippen LogP contribution in [0.4, 0.5) is 11.4 Å². The molecular formula is C32H27N. The van der Waals surface area contributed by atoms with Crippen molar-refractivity contribution in [3.63, 3.8) is 0 Å². The largest absolute Gasteiger partial charge is 0.356 e. The molecule has 0 saturated heterocycles. The number of rotatable bonds is 5. The molecule has 5 rings (SSSR count). The van der Waals surface area contributed by atoms with Crippen molar-refractivity contribution in [1.29, 1.82) is 0 Å². The van der Waals surface area contributed by atoms with Gasteiger partial charge < -0.3 is 5.32 Å². The van der Waals surface area contributed by atoms with Crippen molar-refractivity contribution in [2.45, 2.75) is 13.8 Å². The van der Waals surface area contributed by atoms with E-state index in [0.29, 0.717) is 0 Å². The lowest BCUT2D eigenvalue weighted by molar-refractivity contribution is 1.55. The van der Waals surface area contributed by atoms with Crippen molar-refractivity contribution in [2.24, 2.45) is 0 Å². The average molecular weight is 426 g/mol. The Balaban J connectivity index is 1.39. The average Bonchev–Trinajstić information content (AvgIpc) is 2.87. The van der Waals surface area contributed by atoms with Crippen LogP contribution < -0.4 is 5.32 Å². The zero-order valence-electron chi connectivity index (χ0n) is 19.0. The lowest BCUT2D eigenvalue weighted by Crippen LogP contribution is -1.91. The molecule has 1 nitrogen and oxygen atoms in total. The van der Waals surface area contributed by atoms with Crippen LogP contribution in [0.1, 0.15) is 19.4 Å². The molecule has 5 aromatic carbocycles. The van der Waals surface area contributed by atoms with E-state index < -0.39 is 0 Å². The highest BCUT2D eigenvalue weighted by Crippen LogP contribution is 2.31. The monoisotopic (exact) mass is 425 g/mol. The molecule has 33 heavy (non-hydrogen) atoms. The Hall–Kier alpha value is -4.10. The number of anilines is 2. The van der Waals surface area contributed by atoms with Gasteiger partial charge in [-0.15, -0.1) is 0 Å².